The average molecular weight is 286 g/mol. The molecule has 2 aromatic rings. The van der Waals surface area contributed by atoms with Crippen LogP contribution < -0.4 is 14.2 Å². The zero-order chi connectivity index (χ0) is 15.2. The van der Waals surface area contributed by atoms with Gasteiger partial charge in [-0.1, -0.05) is 24.3 Å². The van der Waals surface area contributed by atoms with Gasteiger partial charge in [0.15, 0.2) is 11.5 Å². The van der Waals surface area contributed by atoms with Crippen LogP contribution in [0.2, 0.25) is 0 Å². The Kier molecular flexibility index (Phi) is 4.56. The van der Waals surface area contributed by atoms with Crippen molar-refractivity contribution in [2.45, 2.75) is 6.92 Å². The third-order valence-electron chi connectivity index (χ3n) is 2.63. The number of carbonyl (C=O) groups is 2. The van der Waals surface area contributed by atoms with Crippen molar-refractivity contribution >= 4 is 11.9 Å². The van der Waals surface area contributed by atoms with Gasteiger partial charge in [0.1, 0.15) is 11.3 Å². The fourth-order valence-electron chi connectivity index (χ4n) is 1.74. The number of benzene rings is 2. The minimum absolute atomic E-state index is 0.157. The summed E-state index contributed by atoms with van der Waals surface area (Å²) < 4.78 is 15.4. The Morgan fingerprint density at radius 2 is 1.38 bits per heavy atom. The van der Waals surface area contributed by atoms with Crippen LogP contribution in [0, 0.1) is 0 Å². The van der Waals surface area contributed by atoms with Gasteiger partial charge in [0, 0.05) is 6.92 Å². The zero-order valence-electron chi connectivity index (χ0n) is 11.7. The summed E-state index contributed by atoms with van der Waals surface area (Å²) in [6.45, 7) is 1.27. The molecule has 5 nitrogen and oxygen atoms in total. The van der Waals surface area contributed by atoms with E-state index in [0.717, 1.165) is 0 Å². The van der Waals surface area contributed by atoms with Crippen molar-refractivity contribution in [1.29, 1.82) is 0 Å². The maximum atomic E-state index is 12.2. The van der Waals surface area contributed by atoms with Gasteiger partial charge in [-0.15, -0.1) is 0 Å². The number of rotatable bonds is 4. The first-order chi connectivity index (χ1) is 10.1. The number of para-hydroxylation sites is 3. The number of carbonyl (C=O) groups excluding carboxylic acids is 2. The van der Waals surface area contributed by atoms with Crippen molar-refractivity contribution in [3.63, 3.8) is 0 Å². The molecule has 5 heteroatoms. The molecule has 0 aliphatic rings. The Hall–Kier alpha value is -2.82. The molecule has 0 aliphatic heterocycles. The van der Waals surface area contributed by atoms with E-state index in [2.05, 4.69) is 0 Å². The van der Waals surface area contributed by atoms with Crippen molar-refractivity contribution in [1.82, 2.24) is 0 Å². The van der Waals surface area contributed by atoms with Gasteiger partial charge in [0.05, 0.1) is 7.11 Å². The average Bonchev–Trinajstić information content (AvgIpc) is 2.47. The first-order valence-electron chi connectivity index (χ1n) is 6.24. The summed E-state index contributed by atoms with van der Waals surface area (Å²) in [5.41, 5.74) is 0.165. The van der Waals surface area contributed by atoms with Gasteiger partial charge in [-0.2, -0.15) is 0 Å². The van der Waals surface area contributed by atoms with E-state index in [1.54, 1.807) is 36.4 Å². The van der Waals surface area contributed by atoms with Crippen LogP contribution in [0.25, 0.3) is 0 Å². The lowest BCUT2D eigenvalue weighted by atomic mass is 10.2. The third kappa shape index (κ3) is 3.60. The Morgan fingerprint density at radius 1 is 0.810 bits per heavy atom. The number of esters is 2. The van der Waals surface area contributed by atoms with Crippen LogP contribution in [-0.4, -0.2) is 19.0 Å². The SMILES string of the molecule is COc1ccccc1OC(=O)c1ccccc1OC(C)=O. The van der Waals surface area contributed by atoms with E-state index in [1.807, 2.05) is 0 Å². The van der Waals surface area contributed by atoms with Crippen molar-refractivity contribution in [2.24, 2.45) is 0 Å². The zero-order valence-corrected chi connectivity index (χ0v) is 11.7. The molecule has 108 valence electrons. The summed E-state index contributed by atoms with van der Waals surface area (Å²) in [4.78, 5) is 23.3. The molecule has 0 saturated heterocycles. The summed E-state index contributed by atoms with van der Waals surface area (Å²) in [7, 11) is 1.49. The summed E-state index contributed by atoms with van der Waals surface area (Å²) in [5, 5.41) is 0. The quantitative estimate of drug-likeness (QED) is 0.639. The van der Waals surface area contributed by atoms with Crippen LogP contribution >= 0.6 is 0 Å². The molecule has 0 heterocycles. The van der Waals surface area contributed by atoms with E-state index in [-0.39, 0.29) is 11.3 Å². The number of hydrogen-bond acceptors (Lipinski definition) is 5. The smallest absolute Gasteiger partial charge is 0.347 e. The van der Waals surface area contributed by atoms with Crippen LogP contribution in [0.3, 0.4) is 0 Å². The molecule has 0 N–H and O–H groups in total. The molecule has 0 saturated carbocycles. The topological polar surface area (TPSA) is 61.8 Å². The third-order valence-corrected chi connectivity index (χ3v) is 2.63. The monoisotopic (exact) mass is 286 g/mol. The van der Waals surface area contributed by atoms with E-state index in [1.165, 1.54) is 26.2 Å². The Morgan fingerprint density at radius 3 is 2.00 bits per heavy atom. The van der Waals surface area contributed by atoms with Gasteiger partial charge in [-0.05, 0) is 24.3 Å². The van der Waals surface area contributed by atoms with Gasteiger partial charge < -0.3 is 14.2 Å². The van der Waals surface area contributed by atoms with Gasteiger partial charge in [-0.3, -0.25) is 4.79 Å². The lowest BCUT2D eigenvalue weighted by Gasteiger charge is -2.10. The number of hydrogen-bond donors (Lipinski definition) is 0. The second kappa shape index (κ2) is 6.56. The molecule has 0 atom stereocenters. The Bertz CT molecular complexity index is 663. The van der Waals surface area contributed by atoms with Crippen LogP contribution in [-0.2, 0) is 4.79 Å². The summed E-state index contributed by atoms with van der Waals surface area (Å²) in [6.07, 6.45) is 0. The minimum atomic E-state index is -0.628. The highest BCUT2D eigenvalue weighted by Crippen LogP contribution is 2.28. The first kappa shape index (κ1) is 14.6. The predicted molar refractivity (Wildman–Crippen MR) is 75.7 cm³/mol. The molecule has 0 amide bonds. The summed E-state index contributed by atoms with van der Waals surface area (Å²) in [5.74, 6) is -0.243. The standard InChI is InChI=1S/C16H14O5/c1-11(17)20-13-8-4-3-7-12(13)16(18)21-15-10-6-5-9-14(15)19-2/h3-10H,1-2H3. The van der Waals surface area contributed by atoms with Crippen LogP contribution in [0.5, 0.6) is 17.2 Å². The molecular weight excluding hydrogens is 272 g/mol. The lowest BCUT2D eigenvalue weighted by Crippen LogP contribution is -2.12. The maximum absolute atomic E-state index is 12.2. The van der Waals surface area contributed by atoms with Gasteiger partial charge in [0.2, 0.25) is 0 Å². The van der Waals surface area contributed by atoms with Crippen molar-refractivity contribution in [3.05, 3.63) is 54.1 Å². The Balaban J connectivity index is 2.26. The second-order valence-electron chi connectivity index (χ2n) is 4.13. The van der Waals surface area contributed by atoms with Gasteiger partial charge in [0.25, 0.3) is 0 Å². The molecule has 0 spiro atoms. The molecule has 2 aromatic carbocycles. The Labute approximate surface area is 122 Å². The molecule has 0 bridgehead atoms. The second-order valence-corrected chi connectivity index (χ2v) is 4.13. The molecule has 0 radical (unpaired) electrons. The fraction of sp³-hybridized carbons (Fsp3) is 0.125. The molecule has 21 heavy (non-hydrogen) atoms. The van der Waals surface area contributed by atoms with E-state index >= 15 is 0 Å². The molecule has 0 unspecified atom stereocenters. The van der Waals surface area contributed by atoms with E-state index in [0.29, 0.717) is 11.5 Å². The summed E-state index contributed by atoms with van der Waals surface area (Å²) >= 11 is 0. The highest BCUT2D eigenvalue weighted by atomic mass is 16.6. The largest absolute Gasteiger partial charge is 0.493 e. The highest BCUT2D eigenvalue weighted by molar-refractivity contribution is 5.95. The minimum Gasteiger partial charge on any atom is -0.493 e. The molecule has 0 fully saturated rings. The molecule has 2 rings (SSSR count). The van der Waals surface area contributed by atoms with E-state index in [4.69, 9.17) is 14.2 Å². The first-order valence-corrected chi connectivity index (χ1v) is 6.24. The van der Waals surface area contributed by atoms with Crippen molar-refractivity contribution in [2.75, 3.05) is 7.11 Å². The normalized spacial score (nSPS) is 9.81. The highest BCUT2D eigenvalue weighted by Gasteiger charge is 2.17. The van der Waals surface area contributed by atoms with Crippen LogP contribution in [0.4, 0.5) is 0 Å². The summed E-state index contributed by atoms with van der Waals surface area (Å²) in [6, 6.07) is 13.2. The van der Waals surface area contributed by atoms with Gasteiger partial charge >= 0.3 is 11.9 Å². The lowest BCUT2D eigenvalue weighted by molar-refractivity contribution is -0.131. The van der Waals surface area contributed by atoms with Crippen molar-refractivity contribution in [3.8, 4) is 17.2 Å². The van der Waals surface area contributed by atoms with Gasteiger partial charge in [-0.25, -0.2) is 4.79 Å². The maximum Gasteiger partial charge on any atom is 0.347 e. The molecule has 0 aliphatic carbocycles. The van der Waals surface area contributed by atoms with E-state index < -0.39 is 11.9 Å². The van der Waals surface area contributed by atoms with Crippen molar-refractivity contribution < 1.29 is 23.8 Å². The molecule has 0 aromatic heterocycles. The fourth-order valence-corrected chi connectivity index (χ4v) is 1.74. The van der Waals surface area contributed by atoms with E-state index in [9.17, 15) is 9.59 Å². The predicted octanol–water partition coefficient (Wildman–Crippen LogP) is 2.84. The number of ether oxygens (including phenoxy) is 3. The number of methoxy groups -OCH3 is 1. The molecular formula is C16H14O5. The van der Waals surface area contributed by atoms with Crippen LogP contribution in [0.1, 0.15) is 17.3 Å². The van der Waals surface area contributed by atoms with Crippen LogP contribution in [0.15, 0.2) is 48.5 Å².